The Balaban J connectivity index is 2.00. The number of hydrogen-bond acceptors (Lipinski definition) is 5. The Labute approximate surface area is 174 Å². The number of methoxy groups -OCH3 is 1. The van der Waals surface area contributed by atoms with E-state index in [4.69, 9.17) is 9.47 Å². The van der Waals surface area contributed by atoms with Gasteiger partial charge in [0.2, 0.25) is 0 Å². The van der Waals surface area contributed by atoms with Gasteiger partial charge in [-0.2, -0.15) is 0 Å². The van der Waals surface area contributed by atoms with Crippen LogP contribution in [0.1, 0.15) is 26.5 Å². The molecule has 2 heterocycles. The number of amides is 1. The van der Waals surface area contributed by atoms with E-state index in [1.807, 2.05) is 53.1 Å². The molecule has 3 aromatic rings. The van der Waals surface area contributed by atoms with Gasteiger partial charge in [-0.05, 0) is 45.0 Å². The summed E-state index contributed by atoms with van der Waals surface area (Å²) < 4.78 is 12.3. The van der Waals surface area contributed by atoms with Gasteiger partial charge < -0.3 is 24.3 Å². The van der Waals surface area contributed by atoms with Crippen LogP contribution in [0.4, 0.5) is 4.79 Å². The van der Waals surface area contributed by atoms with Gasteiger partial charge in [-0.25, -0.2) is 14.6 Å². The summed E-state index contributed by atoms with van der Waals surface area (Å²) >= 11 is 0. The zero-order chi connectivity index (χ0) is 21.9. The molecule has 0 aliphatic rings. The maximum Gasteiger partial charge on any atom is 0.408 e. The van der Waals surface area contributed by atoms with Crippen molar-refractivity contribution in [2.75, 3.05) is 7.11 Å². The predicted octanol–water partition coefficient (Wildman–Crippen LogP) is 3.53. The number of imidazole rings is 1. The van der Waals surface area contributed by atoms with Gasteiger partial charge in [0.25, 0.3) is 0 Å². The lowest BCUT2D eigenvalue weighted by Crippen LogP contribution is -2.44. The molecule has 8 heteroatoms. The van der Waals surface area contributed by atoms with E-state index in [2.05, 4.69) is 10.3 Å². The summed E-state index contributed by atoms with van der Waals surface area (Å²) in [6.45, 7) is 5.15. The molecule has 2 aromatic heterocycles. The van der Waals surface area contributed by atoms with Crippen LogP contribution in [0.3, 0.4) is 0 Å². The van der Waals surface area contributed by atoms with Crippen molar-refractivity contribution in [3.63, 3.8) is 0 Å². The Hall–Kier alpha value is -3.55. The lowest BCUT2D eigenvalue weighted by Gasteiger charge is -2.22. The summed E-state index contributed by atoms with van der Waals surface area (Å²) in [4.78, 5) is 28.7. The number of carbonyl (C=O) groups is 2. The molecule has 158 valence electrons. The Bertz CT molecular complexity index is 1070. The normalized spacial score (nSPS) is 12.4. The highest BCUT2D eigenvalue weighted by molar-refractivity contribution is 5.81. The molecule has 1 aromatic carbocycles. The van der Waals surface area contributed by atoms with Crippen molar-refractivity contribution in [1.82, 2.24) is 14.7 Å². The van der Waals surface area contributed by atoms with Gasteiger partial charge >= 0.3 is 12.1 Å². The van der Waals surface area contributed by atoms with Gasteiger partial charge in [-0.15, -0.1) is 0 Å². The first-order chi connectivity index (χ1) is 14.2. The Kier molecular flexibility index (Phi) is 5.96. The van der Waals surface area contributed by atoms with Crippen LogP contribution in [-0.4, -0.2) is 45.3 Å². The van der Waals surface area contributed by atoms with E-state index in [-0.39, 0.29) is 6.42 Å². The van der Waals surface area contributed by atoms with Crippen LogP contribution in [0.15, 0.2) is 48.7 Å². The molecule has 0 radical (unpaired) electrons. The topological polar surface area (TPSA) is 102 Å². The van der Waals surface area contributed by atoms with Crippen molar-refractivity contribution in [2.45, 2.75) is 38.8 Å². The van der Waals surface area contributed by atoms with E-state index in [0.29, 0.717) is 22.8 Å². The van der Waals surface area contributed by atoms with Crippen molar-refractivity contribution in [1.29, 1.82) is 0 Å². The third kappa shape index (κ3) is 4.89. The molecular weight excluding hydrogens is 386 g/mol. The molecule has 0 fully saturated rings. The fourth-order valence-corrected chi connectivity index (χ4v) is 3.09. The van der Waals surface area contributed by atoms with Crippen molar-refractivity contribution in [3.8, 4) is 17.0 Å². The standard InChI is InChI=1S/C22H25N3O5/c1-22(2,3)30-21(28)23-16(20(26)27)13-17-19(14-8-7-9-15(12-14)29-4)24-18-10-5-6-11-25(17)18/h5-12,16H,13H2,1-4H3,(H,23,28)(H,26,27). The van der Waals surface area contributed by atoms with Gasteiger partial charge in [0.05, 0.1) is 18.5 Å². The number of rotatable bonds is 6. The summed E-state index contributed by atoms with van der Waals surface area (Å²) in [5.41, 5.74) is 2.00. The highest BCUT2D eigenvalue weighted by Crippen LogP contribution is 2.28. The highest BCUT2D eigenvalue weighted by Gasteiger charge is 2.27. The molecule has 0 spiro atoms. The van der Waals surface area contributed by atoms with E-state index in [1.165, 1.54) is 0 Å². The molecule has 0 saturated carbocycles. The van der Waals surface area contributed by atoms with E-state index in [0.717, 1.165) is 5.56 Å². The minimum absolute atomic E-state index is 0.0201. The summed E-state index contributed by atoms with van der Waals surface area (Å²) in [5, 5.41) is 12.2. The number of aromatic nitrogens is 2. The minimum atomic E-state index is -1.19. The number of ether oxygens (including phenoxy) is 2. The fourth-order valence-electron chi connectivity index (χ4n) is 3.09. The van der Waals surface area contributed by atoms with Crippen LogP contribution < -0.4 is 10.1 Å². The first-order valence-electron chi connectivity index (χ1n) is 9.50. The van der Waals surface area contributed by atoms with Gasteiger partial charge in [0, 0.05) is 18.2 Å². The number of carboxylic acid groups (broad SMARTS) is 1. The molecule has 0 aliphatic heterocycles. The molecule has 3 rings (SSSR count). The smallest absolute Gasteiger partial charge is 0.408 e. The second kappa shape index (κ2) is 8.44. The quantitative estimate of drug-likeness (QED) is 0.643. The van der Waals surface area contributed by atoms with E-state index in [1.54, 1.807) is 27.9 Å². The van der Waals surface area contributed by atoms with Gasteiger partial charge in [0.15, 0.2) is 0 Å². The molecule has 1 amide bonds. The molecule has 1 atom stereocenters. The largest absolute Gasteiger partial charge is 0.497 e. The zero-order valence-corrected chi connectivity index (χ0v) is 17.4. The van der Waals surface area contributed by atoms with Crippen molar-refractivity contribution in [2.24, 2.45) is 0 Å². The first kappa shape index (κ1) is 21.2. The first-order valence-corrected chi connectivity index (χ1v) is 9.50. The molecule has 0 bridgehead atoms. The highest BCUT2D eigenvalue weighted by atomic mass is 16.6. The third-order valence-corrected chi connectivity index (χ3v) is 4.36. The molecule has 0 saturated heterocycles. The average molecular weight is 411 g/mol. The Morgan fingerprint density at radius 3 is 2.63 bits per heavy atom. The molecule has 30 heavy (non-hydrogen) atoms. The molecular formula is C22H25N3O5. The summed E-state index contributed by atoms with van der Waals surface area (Å²) in [5.74, 6) is -0.500. The molecule has 0 aliphatic carbocycles. The summed E-state index contributed by atoms with van der Waals surface area (Å²) in [6, 6.07) is 11.7. The van der Waals surface area contributed by atoms with Crippen molar-refractivity contribution >= 4 is 17.7 Å². The molecule has 1 unspecified atom stereocenters. The van der Waals surface area contributed by atoms with Crippen LogP contribution in [0.2, 0.25) is 0 Å². The second-order valence-corrected chi connectivity index (χ2v) is 7.81. The number of nitrogens with one attached hydrogen (secondary N) is 1. The SMILES string of the molecule is COc1cccc(-c2nc3ccccn3c2CC(NC(=O)OC(C)(C)C)C(=O)O)c1. The fraction of sp³-hybridized carbons (Fsp3) is 0.318. The van der Waals surface area contributed by atoms with E-state index >= 15 is 0 Å². The Morgan fingerprint density at radius 1 is 1.20 bits per heavy atom. The lowest BCUT2D eigenvalue weighted by molar-refractivity contribution is -0.139. The predicted molar refractivity (Wildman–Crippen MR) is 112 cm³/mol. The van der Waals surface area contributed by atoms with E-state index < -0.39 is 23.7 Å². The summed E-state index contributed by atoms with van der Waals surface area (Å²) in [6.07, 6.45) is 1.05. The number of carboxylic acids is 1. The van der Waals surface area contributed by atoms with Crippen LogP contribution in [0, 0.1) is 0 Å². The number of hydrogen-bond donors (Lipinski definition) is 2. The third-order valence-electron chi connectivity index (χ3n) is 4.36. The maximum atomic E-state index is 12.2. The number of alkyl carbamates (subject to hydrolysis) is 1. The second-order valence-electron chi connectivity index (χ2n) is 7.81. The van der Waals surface area contributed by atoms with Gasteiger partial charge in [-0.1, -0.05) is 18.2 Å². The van der Waals surface area contributed by atoms with Crippen LogP contribution >= 0.6 is 0 Å². The molecule has 2 N–H and O–H groups in total. The monoisotopic (exact) mass is 411 g/mol. The van der Waals surface area contributed by atoms with Crippen LogP contribution in [-0.2, 0) is 16.0 Å². The number of fused-ring (bicyclic) bond motifs is 1. The number of pyridine rings is 1. The molecule has 8 nitrogen and oxygen atoms in total. The Morgan fingerprint density at radius 2 is 1.97 bits per heavy atom. The lowest BCUT2D eigenvalue weighted by atomic mass is 10.0. The average Bonchev–Trinajstić information content (AvgIpc) is 3.04. The van der Waals surface area contributed by atoms with Crippen molar-refractivity contribution < 1.29 is 24.2 Å². The zero-order valence-electron chi connectivity index (χ0n) is 17.4. The van der Waals surface area contributed by atoms with Crippen molar-refractivity contribution in [3.05, 3.63) is 54.4 Å². The van der Waals surface area contributed by atoms with Crippen LogP contribution in [0.5, 0.6) is 5.75 Å². The summed E-state index contributed by atoms with van der Waals surface area (Å²) in [7, 11) is 1.58. The van der Waals surface area contributed by atoms with E-state index in [9.17, 15) is 14.7 Å². The number of benzene rings is 1. The number of carbonyl (C=O) groups excluding carboxylic acids is 1. The van der Waals surface area contributed by atoms with Gasteiger partial charge in [-0.3, -0.25) is 0 Å². The van der Waals surface area contributed by atoms with Gasteiger partial charge in [0.1, 0.15) is 23.0 Å². The number of nitrogens with zero attached hydrogens (tertiary/aromatic N) is 2. The minimum Gasteiger partial charge on any atom is -0.497 e. The maximum absolute atomic E-state index is 12.2. The van der Waals surface area contributed by atoms with Crippen LogP contribution in [0.25, 0.3) is 16.9 Å². The number of aliphatic carboxylic acids is 1.